The van der Waals surface area contributed by atoms with Crippen LogP contribution in [0.3, 0.4) is 0 Å². The van der Waals surface area contributed by atoms with E-state index < -0.39 is 42.9 Å². The first-order chi connectivity index (χ1) is 29.2. The molecule has 2 fully saturated rings. The summed E-state index contributed by atoms with van der Waals surface area (Å²) in [7, 11) is 2.48. The van der Waals surface area contributed by atoms with E-state index in [9.17, 15) is 32.3 Å². The van der Waals surface area contributed by atoms with Crippen LogP contribution in [0.2, 0.25) is 0 Å². The molecule has 0 unspecified atom stereocenters. The van der Waals surface area contributed by atoms with Crippen molar-refractivity contribution in [3.63, 3.8) is 0 Å². The number of carbonyl (C=O) groups is 4. The second-order valence-corrected chi connectivity index (χ2v) is 16.3. The minimum absolute atomic E-state index is 0.157. The quantitative estimate of drug-likeness (QED) is 0.120. The molecule has 326 valence electrons. The summed E-state index contributed by atoms with van der Waals surface area (Å²) in [4.78, 5) is 70.9. The number of hydrogen-bond acceptors (Lipinski definition) is 8. The molecule has 0 bridgehead atoms. The van der Waals surface area contributed by atoms with Crippen molar-refractivity contribution in [3.05, 3.63) is 71.1 Å². The zero-order valence-electron chi connectivity index (χ0n) is 35.1. The molecule has 4 aromatic rings. The molecule has 2 saturated heterocycles. The molecule has 14 nitrogen and oxygen atoms in total. The molecule has 4 heterocycles. The Morgan fingerprint density at radius 1 is 0.803 bits per heavy atom. The van der Waals surface area contributed by atoms with Crippen LogP contribution in [0.4, 0.5) is 22.8 Å². The molecular weight excluding hydrogens is 794 g/mol. The average molecular weight is 847 g/mol. The number of hydrogen-bond donors (Lipinski definition) is 4. The van der Waals surface area contributed by atoms with E-state index in [1.807, 2.05) is 25.1 Å². The number of methoxy groups -OCH3 is 2. The maximum atomic E-state index is 13.9. The van der Waals surface area contributed by atoms with Crippen molar-refractivity contribution in [2.75, 3.05) is 27.3 Å². The maximum Gasteiger partial charge on any atom is 0.407 e. The molecule has 4 amide bonds. The van der Waals surface area contributed by atoms with Gasteiger partial charge in [-0.1, -0.05) is 63.2 Å². The van der Waals surface area contributed by atoms with Gasteiger partial charge in [-0.2, -0.15) is 13.2 Å². The Hall–Kier alpha value is -5.87. The first-order valence-electron chi connectivity index (χ1n) is 21.0. The Bertz CT molecular complexity index is 2250. The van der Waals surface area contributed by atoms with Crippen LogP contribution in [0.25, 0.3) is 33.6 Å². The number of carbonyl (C=O) groups excluding carboxylic acids is 4. The van der Waals surface area contributed by atoms with Crippen LogP contribution in [0, 0.1) is 5.92 Å². The molecule has 17 heteroatoms. The molecule has 7 rings (SSSR count). The standard InChI is InChI=1S/C44H53F3N8O6/c1-6-30(50-42(58)60-4)40(56)54-20-8-12-33(54)38-48-31-11-7-10-28-22-27(18-19-29(28)37(31)52-38)25-14-16-26(17-15-25)36-32(23-44(45,46)47)49-39(51-36)34-13-9-21-55(34)41(57)35(24(2)3)53-43(59)61-5/h14-19,22,24,30,33-35H,6-13,20-21,23H2,1-5H3,(H,48,52)(H,49,51)(H,50,58)(H,53,59)/t30-,33-,34-,35-/m0/s1. The Balaban J connectivity index is 1.12. The number of aromatic nitrogens is 4. The van der Waals surface area contributed by atoms with Gasteiger partial charge in [-0.3, -0.25) is 9.59 Å². The Morgan fingerprint density at radius 3 is 2.03 bits per heavy atom. The van der Waals surface area contributed by atoms with Crippen LogP contribution in [0.5, 0.6) is 0 Å². The van der Waals surface area contributed by atoms with Crippen LogP contribution in [-0.2, 0) is 38.3 Å². The molecule has 4 atom stereocenters. The third kappa shape index (κ3) is 9.25. The number of likely N-dealkylation sites (tertiary alicyclic amines) is 2. The molecule has 61 heavy (non-hydrogen) atoms. The number of halogens is 3. The van der Waals surface area contributed by atoms with Crippen molar-refractivity contribution < 1.29 is 41.8 Å². The number of nitrogens with one attached hydrogen (secondary N) is 4. The van der Waals surface area contributed by atoms with Gasteiger partial charge >= 0.3 is 18.4 Å². The highest BCUT2D eigenvalue weighted by atomic mass is 19.4. The van der Waals surface area contributed by atoms with Gasteiger partial charge in [-0.15, -0.1) is 0 Å². The van der Waals surface area contributed by atoms with E-state index >= 15 is 0 Å². The molecule has 2 aliphatic heterocycles. The van der Waals surface area contributed by atoms with Gasteiger partial charge in [0.25, 0.3) is 0 Å². The molecule has 2 aromatic carbocycles. The lowest BCUT2D eigenvalue weighted by molar-refractivity contribution is -0.136. The fourth-order valence-corrected chi connectivity index (χ4v) is 8.88. The van der Waals surface area contributed by atoms with Crippen molar-refractivity contribution >= 4 is 24.0 Å². The number of rotatable bonds is 11. The molecule has 3 aliphatic rings. The van der Waals surface area contributed by atoms with Crippen LogP contribution < -0.4 is 10.6 Å². The lowest BCUT2D eigenvalue weighted by Gasteiger charge is -2.30. The second kappa shape index (κ2) is 18.0. The second-order valence-electron chi connectivity index (χ2n) is 16.3. The number of H-pyrrole nitrogens is 2. The highest BCUT2D eigenvalue weighted by molar-refractivity contribution is 5.87. The molecular formula is C44H53F3N8O6. The molecule has 0 spiro atoms. The van der Waals surface area contributed by atoms with E-state index in [0.717, 1.165) is 71.6 Å². The van der Waals surface area contributed by atoms with Crippen LogP contribution >= 0.6 is 0 Å². The first-order valence-corrected chi connectivity index (χ1v) is 21.0. The van der Waals surface area contributed by atoms with Crippen molar-refractivity contribution in [1.82, 2.24) is 40.4 Å². The summed E-state index contributed by atoms with van der Waals surface area (Å²) >= 11 is 0. The van der Waals surface area contributed by atoms with Crippen molar-refractivity contribution in [1.29, 1.82) is 0 Å². The van der Waals surface area contributed by atoms with E-state index in [2.05, 4.69) is 37.7 Å². The van der Waals surface area contributed by atoms with Gasteiger partial charge in [0.05, 0.1) is 49.8 Å². The minimum atomic E-state index is -4.52. The molecule has 0 radical (unpaired) electrons. The largest absolute Gasteiger partial charge is 0.453 e. The van der Waals surface area contributed by atoms with Crippen LogP contribution in [0.1, 0.15) is 100.0 Å². The molecule has 4 N–H and O–H groups in total. The van der Waals surface area contributed by atoms with E-state index in [1.165, 1.54) is 14.2 Å². The fraction of sp³-hybridized carbons (Fsp3) is 0.500. The number of alkyl halides is 3. The van der Waals surface area contributed by atoms with Crippen molar-refractivity contribution in [2.45, 2.75) is 109 Å². The predicted octanol–water partition coefficient (Wildman–Crippen LogP) is 7.57. The number of fused-ring (bicyclic) bond motifs is 3. The Kier molecular flexibility index (Phi) is 12.8. The number of ether oxygens (including phenoxy) is 2. The predicted molar refractivity (Wildman–Crippen MR) is 220 cm³/mol. The highest BCUT2D eigenvalue weighted by Crippen LogP contribution is 2.40. The number of aromatic amines is 2. The number of imidazole rings is 2. The normalized spacial score (nSPS) is 18.6. The van der Waals surface area contributed by atoms with Gasteiger partial charge in [0.15, 0.2) is 0 Å². The Morgan fingerprint density at radius 2 is 1.41 bits per heavy atom. The van der Waals surface area contributed by atoms with Gasteiger partial charge in [0.2, 0.25) is 11.8 Å². The zero-order chi connectivity index (χ0) is 43.6. The lowest BCUT2D eigenvalue weighted by atomic mass is 9.95. The van der Waals surface area contributed by atoms with E-state index in [-0.39, 0.29) is 41.0 Å². The number of alkyl carbamates (subject to hydrolysis) is 2. The zero-order valence-corrected chi connectivity index (χ0v) is 35.1. The SMILES string of the molecule is CC[C@H](NC(=O)OC)C(=O)N1CCC[C@H]1c1nc2c([nH]1)CCCc1cc(-c3ccc(-c4[nH]c([C@@H]5CCCN5C(=O)[C@@H](NC(=O)OC)C(C)C)nc4CC(F)(F)F)cc3)ccc1-2. The van der Waals surface area contributed by atoms with E-state index in [0.29, 0.717) is 37.9 Å². The summed E-state index contributed by atoms with van der Waals surface area (Å²) in [5, 5.41) is 5.25. The maximum absolute atomic E-state index is 13.9. The summed E-state index contributed by atoms with van der Waals surface area (Å²) in [6.07, 6.45) is -1.56. The van der Waals surface area contributed by atoms with E-state index in [1.54, 1.807) is 35.8 Å². The summed E-state index contributed by atoms with van der Waals surface area (Å²) in [6.45, 7) is 6.37. The van der Waals surface area contributed by atoms with Gasteiger partial charge in [0.1, 0.15) is 23.7 Å². The summed E-state index contributed by atoms with van der Waals surface area (Å²) in [5.74, 6) is 0.215. The third-order valence-electron chi connectivity index (χ3n) is 12.0. The van der Waals surface area contributed by atoms with Crippen molar-refractivity contribution in [2.24, 2.45) is 5.92 Å². The molecule has 1 aliphatic carbocycles. The first kappa shape index (κ1) is 43.2. The summed E-state index contributed by atoms with van der Waals surface area (Å²) < 4.78 is 51.3. The Labute approximate surface area is 352 Å². The monoisotopic (exact) mass is 846 g/mol. The number of amides is 4. The molecule has 0 saturated carbocycles. The topological polar surface area (TPSA) is 175 Å². The summed E-state index contributed by atoms with van der Waals surface area (Å²) in [5.41, 5.74) is 6.44. The van der Waals surface area contributed by atoms with Crippen molar-refractivity contribution in [3.8, 4) is 33.6 Å². The number of nitrogens with zero attached hydrogens (tertiary/aromatic N) is 4. The molecule has 2 aromatic heterocycles. The number of benzene rings is 2. The van der Waals surface area contributed by atoms with Gasteiger partial charge < -0.3 is 39.9 Å². The third-order valence-corrected chi connectivity index (χ3v) is 12.0. The average Bonchev–Trinajstić information content (AvgIpc) is 4.06. The minimum Gasteiger partial charge on any atom is -0.453 e. The van der Waals surface area contributed by atoms with E-state index in [4.69, 9.17) is 14.5 Å². The smallest absolute Gasteiger partial charge is 0.407 e. The van der Waals surface area contributed by atoms with Gasteiger partial charge in [-0.25, -0.2) is 19.6 Å². The van der Waals surface area contributed by atoms with Crippen LogP contribution in [0.15, 0.2) is 42.5 Å². The number of aryl methyl sites for hydroxylation is 2. The highest BCUT2D eigenvalue weighted by Gasteiger charge is 2.40. The fourth-order valence-electron chi connectivity index (χ4n) is 8.88. The van der Waals surface area contributed by atoms with Gasteiger partial charge in [0, 0.05) is 24.3 Å². The summed E-state index contributed by atoms with van der Waals surface area (Å²) in [6, 6.07) is 11.1. The van der Waals surface area contributed by atoms with Crippen LogP contribution in [-0.4, -0.2) is 99.3 Å². The van der Waals surface area contributed by atoms with Gasteiger partial charge in [-0.05, 0) is 79.5 Å². The lowest BCUT2D eigenvalue weighted by Crippen LogP contribution is -2.51.